The molecule has 0 atom stereocenters. The highest BCUT2D eigenvalue weighted by molar-refractivity contribution is 6.33. The molecular weight excluding hydrogens is 218 g/mol. The minimum Gasteiger partial charge on any atom is -0.474 e. The Morgan fingerprint density at radius 2 is 2.13 bits per heavy atom. The molecule has 2 aromatic rings. The van der Waals surface area contributed by atoms with Crippen molar-refractivity contribution in [2.24, 2.45) is 0 Å². The molecule has 0 saturated heterocycles. The summed E-state index contributed by atoms with van der Waals surface area (Å²) in [6.07, 6.45) is 1.27. The summed E-state index contributed by atoms with van der Waals surface area (Å²) in [6.45, 7) is 0. The SMILES string of the molecule is O=C(O)c1nc(-c2ccccc2Cl)co1. The zero-order valence-electron chi connectivity index (χ0n) is 7.48. The van der Waals surface area contributed by atoms with Gasteiger partial charge < -0.3 is 9.52 Å². The van der Waals surface area contributed by atoms with Crippen molar-refractivity contribution in [2.45, 2.75) is 0 Å². The van der Waals surface area contributed by atoms with Crippen LogP contribution in [0.4, 0.5) is 0 Å². The highest BCUT2D eigenvalue weighted by atomic mass is 35.5. The van der Waals surface area contributed by atoms with Gasteiger partial charge in [0, 0.05) is 5.56 Å². The Labute approximate surface area is 90.1 Å². The quantitative estimate of drug-likeness (QED) is 0.850. The third-order valence-electron chi connectivity index (χ3n) is 1.84. The van der Waals surface area contributed by atoms with Crippen molar-refractivity contribution in [3.63, 3.8) is 0 Å². The average Bonchev–Trinajstić information content (AvgIpc) is 2.67. The zero-order chi connectivity index (χ0) is 10.8. The van der Waals surface area contributed by atoms with Gasteiger partial charge in [-0.05, 0) is 6.07 Å². The first kappa shape index (κ1) is 9.73. The van der Waals surface area contributed by atoms with E-state index in [0.29, 0.717) is 16.3 Å². The van der Waals surface area contributed by atoms with Crippen LogP contribution in [0.25, 0.3) is 11.3 Å². The number of rotatable bonds is 2. The van der Waals surface area contributed by atoms with Gasteiger partial charge in [-0.25, -0.2) is 9.78 Å². The summed E-state index contributed by atoms with van der Waals surface area (Å²) in [6, 6.07) is 7.01. The molecule has 0 amide bonds. The van der Waals surface area contributed by atoms with Crippen LogP contribution in [0.2, 0.25) is 5.02 Å². The van der Waals surface area contributed by atoms with Crippen LogP contribution in [0, 0.1) is 0 Å². The number of halogens is 1. The van der Waals surface area contributed by atoms with Gasteiger partial charge in [-0.1, -0.05) is 29.8 Å². The van der Waals surface area contributed by atoms with E-state index in [-0.39, 0.29) is 5.89 Å². The number of hydrogen-bond donors (Lipinski definition) is 1. The fourth-order valence-corrected chi connectivity index (χ4v) is 1.40. The third-order valence-corrected chi connectivity index (χ3v) is 2.17. The summed E-state index contributed by atoms with van der Waals surface area (Å²) < 4.78 is 4.77. The van der Waals surface area contributed by atoms with E-state index in [0.717, 1.165) is 0 Å². The summed E-state index contributed by atoms with van der Waals surface area (Å²) in [4.78, 5) is 14.3. The van der Waals surface area contributed by atoms with E-state index in [1.54, 1.807) is 24.3 Å². The largest absolute Gasteiger partial charge is 0.474 e. The number of carbonyl (C=O) groups is 1. The predicted molar refractivity (Wildman–Crippen MR) is 53.9 cm³/mol. The van der Waals surface area contributed by atoms with E-state index < -0.39 is 5.97 Å². The number of carboxylic acid groups (broad SMARTS) is 1. The summed E-state index contributed by atoms with van der Waals surface area (Å²) in [5.74, 6) is -1.54. The van der Waals surface area contributed by atoms with Gasteiger partial charge in [-0.3, -0.25) is 0 Å². The first-order valence-corrected chi connectivity index (χ1v) is 4.50. The average molecular weight is 224 g/mol. The first-order chi connectivity index (χ1) is 7.18. The molecule has 15 heavy (non-hydrogen) atoms. The Balaban J connectivity index is 2.46. The van der Waals surface area contributed by atoms with Crippen molar-refractivity contribution >= 4 is 17.6 Å². The fourth-order valence-electron chi connectivity index (χ4n) is 1.16. The van der Waals surface area contributed by atoms with Crippen molar-refractivity contribution in [3.05, 3.63) is 41.4 Å². The fraction of sp³-hybridized carbons (Fsp3) is 0. The van der Waals surface area contributed by atoms with Crippen LogP contribution in [0.3, 0.4) is 0 Å². The second-order valence-electron chi connectivity index (χ2n) is 2.82. The lowest BCUT2D eigenvalue weighted by Crippen LogP contribution is -1.95. The maximum Gasteiger partial charge on any atom is 0.392 e. The Kier molecular flexibility index (Phi) is 2.43. The van der Waals surface area contributed by atoms with Crippen LogP contribution in [0.15, 0.2) is 34.9 Å². The molecule has 0 aliphatic heterocycles. The highest BCUT2D eigenvalue weighted by Crippen LogP contribution is 2.26. The van der Waals surface area contributed by atoms with E-state index in [4.69, 9.17) is 21.1 Å². The molecule has 0 spiro atoms. The van der Waals surface area contributed by atoms with Gasteiger partial charge in [-0.15, -0.1) is 0 Å². The van der Waals surface area contributed by atoms with Crippen LogP contribution < -0.4 is 0 Å². The lowest BCUT2D eigenvalue weighted by atomic mass is 10.2. The number of hydrogen-bond acceptors (Lipinski definition) is 3. The smallest absolute Gasteiger partial charge is 0.392 e. The van der Waals surface area contributed by atoms with Crippen molar-refractivity contribution in [1.29, 1.82) is 0 Å². The van der Waals surface area contributed by atoms with Crippen LogP contribution in [0.1, 0.15) is 10.7 Å². The Morgan fingerprint density at radius 1 is 1.40 bits per heavy atom. The van der Waals surface area contributed by atoms with E-state index in [2.05, 4.69) is 4.98 Å². The minimum atomic E-state index is -1.20. The van der Waals surface area contributed by atoms with Crippen LogP contribution in [-0.2, 0) is 0 Å². The molecule has 0 fully saturated rings. The minimum absolute atomic E-state index is 0.343. The van der Waals surface area contributed by atoms with Gasteiger partial charge in [-0.2, -0.15) is 0 Å². The number of aromatic nitrogens is 1. The molecule has 1 aromatic heterocycles. The van der Waals surface area contributed by atoms with E-state index in [1.165, 1.54) is 6.26 Å². The molecule has 1 aromatic carbocycles. The number of benzene rings is 1. The molecule has 1 N–H and O–H groups in total. The van der Waals surface area contributed by atoms with Crippen molar-refractivity contribution in [3.8, 4) is 11.3 Å². The van der Waals surface area contributed by atoms with E-state index in [9.17, 15) is 4.79 Å². The maximum absolute atomic E-state index is 10.5. The van der Waals surface area contributed by atoms with Crippen LogP contribution in [-0.4, -0.2) is 16.1 Å². The topological polar surface area (TPSA) is 63.3 Å². The molecule has 5 heteroatoms. The molecule has 0 saturated carbocycles. The third kappa shape index (κ3) is 1.85. The van der Waals surface area contributed by atoms with Crippen molar-refractivity contribution in [2.75, 3.05) is 0 Å². The molecule has 0 aliphatic rings. The predicted octanol–water partition coefficient (Wildman–Crippen LogP) is 2.69. The maximum atomic E-state index is 10.5. The summed E-state index contributed by atoms with van der Waals surface area (Å²) >= 11 is 5.92. The van der Waals surface area contributed by atoms with Gasteiger partial charge in [0.2, 0.25) is 0 Å². The van der Waals surface area contributed by atoms with E-state index in [1.807, 2.05) is 0 Å². The molecule has 0 radical (unpaired) electrons. The Morgan fingerprint density at radius 3 is 2.73 bits per heavy atom. The molecule has 0 unspecified atom stereocenters. The Hall–Kier alpha value is -1.81. The van der Waals surface area contributed by atoms with Crippen LogP contribution >= 0.6 is 11.6 Å². The number of carboxylic acids is 1. The normalized spacial score (nSPS) is 10.2. The van der Waals surface area contributed by atoms with Crippen molar-refractivity contribution in [1.82, 2.24) is 4.98 Å². The second-order valence-corrected chi connectivity index (χ2v) is 3.23. The first-order valence-electron chi connectivity index (χ1n) is 4.12. The number of aromatic carboxylic acids is 1. The molecule has 1 heterocycles. The standard InChI is InChI=1S/C10H6ClNO3/c11-7-4-2-1-3-6(7)8-5-15-9(12-8)10(13)14/h1-5H,(H,13,14). The summed E-state index contributed by atoms with van der Waals surface area (Å²) in [5.41, 5.74) is 1.06. The second kappa shape index (κ2) is 3.74. The molecule has 0 aliphatic carbocycles. The highest BCUT2D eigenvalue weighted by Gasteiger charge is 2.13. The molecule has 76 valence electrons. The van der Waals surface area contributed by atoms with Gasteiger partial charge in [0.1, 0.15) is 12.0 Å². The van der Waals surface area contributed by atoms with Gasteiger partial charge in [0.15, 0.2) is 0 Å². The molecular formula is C10H6ClNO3. The Bertz CT molecular complexity index is 507. The monoisotopic (exact) mass is 223 g/mol. The van der Waals surface area contributed by atoms with Gasteiger partial charge in [0.05, 0.1) is 5.02 Å². The zero-order valence-corrected chi connectivity index (χ0v) is 8.23. The molecule has 2 rings (SSSR count). The summed E-state index contributed by atoms with van der Waals surface area (Å²) in [7, 11) is 0. The summed E-state index contributed by atoms with van der Waals surface area (Å²) in [5, 5.41) is 9.13. The van der Waals surface area contributed by atoms with E-state index >= 15 is 0 Å². The molecule has 0 bridgehead atoms. The van der Waals surface area contributed by atoms with Crippen molar-refractivity contribution < 1.29 is 14.3 Å². The lowest BCUT2D eigenvalue weighted by molar-refractivity contribution is 0.0653. The number of nitrogens with zero attached hydrogens (tertiary/aromatic N) is 1. The van der Waals surface area contributed by atoms with Gasteiger partial charge in [0.25, 0.3) is 0 Å². The number of oxazole rings is 1. The molecule has 4 nitrogen and oxygen atoms in total. The van der Waals surface area contributed by atoms with Crippen LogP contribution in [0.5, 0.6) is 0 Å². The van der Waals surface area contributed by atoms with Gasteiger partial charge >= 0.3 is 11.9 Å². The lowest BCUT2D eigenvalue weighted by Gasteiger charge is -1.97.